The summed E-state index contributed by atoms with van der Waals surface area (Å²) in [5, 5.41) is 0. The summed E-state index contributed by atoms with van der Waals surface area (Å²) in [5.41, 5.74) is 3.77. The number of Topliss-reactive ketones (excluding diaryl/α,β-unsaturated/α-hetero) is 1. The van der Waals surface area contributed by atoms with Gasteiger partial charge in [0.05, 0.1) is 0 Å². The quantitative estimate of drug-likeness (QED) is 0.681. The second-order valence-corrected chi connectivity index (χ2v) is 4.77. The molecule has 0 saturated carbocycles. The molecule has 92 valence electrons. The fraction of sp³-hybridized carbons (Fsp3) is 0.438. The van der Waals surface area contributed by atoms with Crippen molar-refractivity contribution in [2.24, 2.45) is 0 Å². The van der Waals surface area contributed by atoms with Crippen LogP contribution < -0.4 is 0 Å². The van der Waals surface area contributed by atoms with Crippen molar-refractivity contribution in [1.82, 2.24) is 0 Å². The van der Waals surface area contributed by atoms with Crippen molar-refractivity contribution in [3.8, 4) is 0 Å². The average molecular weight is 230 g/mol. The van der Waals surface area contributed by atoms with E-state index in [0.717, 1.165) is 12.0 Å². The Hall–Kier alpha value is -1.37. The van der Waals surface area contributed by atoms with Gasteiger partial charge in [0.1, 0.15) is 5.78 Å². The molecule has 1 aromatic rings. The molecule has 0 spiro atoms. The zero-order chi connectivity index (χ0) is 12.8. The first-order valence-electron chi connectivity index (χ1n) is 6.26. The summed E-state index contributed by atoms with van der Waals surface area (Å²) in [7, 11) is 0. The van der Waals surface area contributed by atoms with Crippen LogP contribution in [0.1, 0.15) is 52.0 Å². The van der Waals surface area contributed by atoms with Gasteiger partial charge >= 0.3 is 0 Å². The maximum absolute atomic E-state index is 12.0. The molecule has 0 heterocycles. The molecule has 1 atom stereocenters. The lowest BCUT2D eigenvalue weighted by atomic mass is 9.87. The van der Waals surface area contributed by atoms with Gasteiger partial charge in [-0.2, -0.15) is 0 Å². The van der Waals surface area contributed by atoms with Gasteiger partial charge in [-0.1, -0.05) is 48.4 Å². The van der Waals surface area contributed by atoms with Gasteiger partial charge in [-0.3, -0.25) is 4.79 Å². The van der Waals surface area contributed by atoms with Crippen LogP contribution in [0.15, 0.2) is 41.5 Å². The minimum absolute atomic E-state index is 0.0242. The first-order chi connectivity index (χ1) is 8.06. The van der Waals surface area contributed by atoms with Crippen LogP contribution in [0.3, 0.4) is 0 Å². The number of allylic oxidation sites excluding steroid dienone is 2. The van der Waals surface area contributed by atoms with E-state index in [1.807, 2.05) is 25.1 Å². The number of carbonyl (C=O) groups is 1. The van der Waals surface area contributed by atoms with E-state index in [2.05, 4.69) is 32.9 Å². The molecule has 1 aromatic carbocycles. The van der Waals surface area contributed by atoms with Gasteiger partial charge in [0.25, 0.3) is 0 Å². The Bertz CT molecular complexity index is 397. The van der Waals surface area contributed by atoms with Crippen molar-refractivity contribution in [2.45, 2.75) is 46.5 Å². The largest absolute Gasteiger partial charge is 0.299 e. The van der Waals surface area contributed by atoms with Crippen LogP contribution in [0.25, 0.3) is 0 Å². The van der Waals surface area contributed by atoms with Crippen molar-refractivity contribution in [2.75, 3.05) is 0 Å². The van der Waals surface area contributed by atoms with Crippen LogP contribution in [0, 0.1) is 0 Å². The molecule has 0 aliphatic heterocycles. The lowest BCUT2D eigenvalue weighted by Gasteiger charge is -2.16. The molecule has 0 aliphatic rings. The minimum Gasteiger partial charge on any atom is -0.299 e. The van der Waals surface area contributed by atoms with Gasteiger partial charge in [-0.05, 0) is 32.8 Å². The fourth-order valence-corrected chi connectivity index (χ4v) is 1.86. The normalized spacial score (nSPS) is 12.0. The Morgan fingerprint density at radius 2 is 1.71 bits per heavy atom. The Morgan fingerprint density at radius 1 is 1.12 bits per heavy atom. The van der Waals surface area contributed by atoms with Gasteiger partial charge in [0, 0.05) is 12.3 Å². The number of carbonyl (C=O) groups excluding carboxylic acids is 1. The Kier molecular flexibility index (Phi) is 5.14. The van der Waals surface area contributed by atoms with E-state index in [9.17, 15) is 4.79 Å². The van der Waals surface area contributed by atoms with Gasteiger partial charge in [-0.25, -0.2) is 0 Å². The highest BCUT2D eigenvalue weighted by Crippen LogP contribution is 2.26. The van der Waals surface area contributed by atoms with Gasteiger partial charge in [-0.15, -0.1) is 0 Å². The van der Waals surface area contributed by atoms with E-state index in [1.54, 1.807) is 0 Å². The van der Waals surface area contributed by atoms with E-state index < -0.39 is 0 Å². The van der Waals surface area contributed by atoms with Crippen LogP contribution in [-0.4, -0.2) is 5.78 Å². The molecule has 1 heteroatoms. The van der Waals surface area contributed by atoms with Crippen LogP contribution >= 0.6 is 0 Å². The number of ketones is 1. The number of rotatable bonds is 5. The molecule has 0 bridgehead atoms. The Balaban J connectivity index is 2.98. The fourth-order valence-electron chi connectivity index (χ4n) is 1.86. The molecule has 1 nitrogen and oxygen atoms in total. The zero-order valence-corrected chi connectivity index (χ0v) is 11.3. The monoisotopic (exact) mass is 230 g/mol. The third-order valence-corrected chi connectivity index (χ3v) is 3.30. The number of benzene rings is 1. The second-order valence-electron chi connectivity index (χ2n) is 4.77. The number of hydrogen-bond donors (Lipinski definition) is 0. The van der Waals surface area contributed by atoms with Gasteiger partial charge in [0.2, 0.25) is 0 Å². The molecule has 0 saturated heterocycles. The lowest BCUT2D eigenvalue weighted by molar-refractivity contribution is -0.120. The third-order valence-electron chi connectivity index (χ3n) is 3.30. The third kappa shape index (κ3) is 3.85. The average Bonchev–Trinajstić information content (AvgIpc) is 2.35. The lowest BCUT2D eigenvalue weighted by Crippen LogP contribution is -2.12. The first kappa shape index (κ1) is 13.7. The first-order valence-corrected chi connectivity index (χ1v) is 6.26. The SMILES string of the molecule is CCC(=O)C(CC(C)=C(C)C)c1ccccc1. The number of hydrogen-bond acceptors (Lipinski definition) is 1. The molecular formula is C16H22O. The topological polar surface area (TPSA) is 17.1 Å². The maximum atomic E-state index is 12.0. The Morgan fingerprint density at radius 3 is 2.18 bits per heavy atom. The molecule has 0 fully saturated rings. The van der Waals surface area contributed by atoms with E-state index in [4.69, 9.17) is 0 Å². The second kappa shape index (κ2) is 6.39. The van der Waals surface area contributed by atoms with E-state index in [-0.39, 0.29) is 5.92 Å². The summed E-state index contributed by atoms with van der Waals surface area (Å²) in [4.78, 5) is 12.0. The summed E-state index contributed by atoms with van der Waals surface area (Å²) in [6.07, 6.45) is 1.45. The summed E-state index contributed by atoms with van der Waals surface area (Å²) >= 11 is 0. The van der Waals surface area contributed by atoms with E-state index >= 15 is 0 Å². The highest BCUT2D eigenvalue weighted by molar-refractivity contribution is 5.85. The molecule has 0 radical (unpaired) electrons. The Labute approximate surface area is 105 Å². The summed E-state index contributed by atoms with van der Waals surface area (Å²) < 4.78 is 0. The van der Waals surface area contributed by atoms with Crippen molar-refractivity contribution >= 4 is 5.78 Å². The molecule has 1 rings (SSSR count). The van der Waals surface area contributed by atoms with Crippen LogP contribution in [0.4, 0.5) is 0 Å². The molecule has 0 aromatic heterocycles. The van der Waals surface area contributed by atoms with Crippen molar-refractivity contribution in [1.29, 1.82) is 0 Å². The predicted octanol–water partition coefficient (Wildman–Crippen LogP) is 4.50. The highest BCUT2D eigenvalue weighted by Gasteiger charge is 2.19. The molecule has 0 N–H and O–H groups in total. The molecule has 0 amide bonds. The van der Waals surface area contributed by atoms with Crippen molar-refractivity contribution in [3.63, 3.8) is 0 Å². The summed E-state index contributed by atoms with van der Waals surface area (Å²) in [6, 6.07) is 10.1. The molecule has 17 heavy (non-hydrogen) atoms. The van der Waals surface area contributed by atoms with E-state index in [0.29, 0.717) is 12.2 Å². The van der Waals surface area contributed by atoms with Crippen LogP contribution in [0.5, 0.6) is 0 Å². The summed E-state index contributed by atoms with van der Waals surface area (Å²) in [5.74, 6) is 0.355. The van der Waals surface area contributed by atoms with Gasteiger partial charge < -0.3 is 0 Å². The highest BCUT2D eigenvalue weighted by atomic mass is 16.1. The minimum atomic E-state index is 0.0242. The molecule has 1 unspecified atom stereocenters. The predicted molar refractivity (Wildman–Crippen MR) is 73.1 cm³/mol. The zero-order valence-electron chi connectivity index (χ0n) is 11.3. The molecular weight excluding hydrogens is 208 g/mol. The summed E-state index contributed by atoms with van der Waals surface area (Å²) in [6.45, 7) is 8.27. The van der Waals surface area contributed by atoms with Gasteiger partial charge in [0.15, 0.2) is 0 Å². The van der Waals surface area contributed by atoms with E-state index in [1.165, 1.54) is 11.1 Å². The van der Waals surface area contributed by atoms with Crippen LogP contribution in [-0.2, 0) is 4.79 Å². The van der Waals surface area contributed by atoms with Crippen molar-refractivity contribution in [3.05, 3.63) is 47.0 Å². The smallest absolute Gasteiger partial charge is 0.140 e. The molecule has 0 aliphatic carbocycles. The van der Waals surface area contributed by atoms with Crippen LogP contribution in [0.2, 0.25) is 0 Å². The standard InChI is InChI=1S/C16H22O/c1-5-16(17)15(11-13(4)12(2)3)14-9-7-6-8-10-14/h6-10,15H,5,11H2,1-4H3. The maximum Gasteiger partial charge on any atom is 0.140 e. The van der Waals surface area contributed by atoms with Crippen molar-refractivity contribution < 1.29 is 4.79 Å².